The van der Waals surface area contributed by atoms with E-state index in [-0.39, 0.29) is 0 Å². The minimum absolute atomic E-state index is 0.786. The van der Waals surface area contributed by atoms with Crippen molar-refractivity contribution in [3.8, 4) is 57.6 Å². The average molecular weight is 850 g/mol. The Bertz CT molecular complexity index is 2200. The van der Waals surface area contributed by atoms with Gasteiger partial charge in [0.05, 0.1) is 22.8 Å². The van der Waals surface area contributed by atoms with E-state index >= 15 is 0 Å². The van der Waals surface area contributed by atoms with Crippen LogP contribution in [0.25, 0.3) is 33.9 Å². The maximum absolute atomic E-state index is 5.02. The van der Waals surface area contributed by atoms with E-state index in [0.717, 1.165) is 69.2 Å². The van der Waals surface area contributed by atoms with Crippen LogP contribution >= 0.6 is 0 Å². The van der Waals surface area contributed by atoms with Crippen molar-refractivity contribution in [3.05, 3.63) is 150 Å². The van der Waals surface area contributed by atoms with Gasteiger partial charge in [-0.05, 0) is 78.6 Å². The van der Waals surface area contributed by atoms with E-state index in [0.29, 0.717) is 0 Å². The fourth-order valence-corrected chi connectivity index (χ4v) is 8.16. The van der Waals surface area contributed by atoms with Crippen LogP contribution in [0.1, 0.15) is 165 Å². The highest BCUT2D eigenvalue weighted by Gasteiger charge is 2.12. The predicted molar refractivity (Wildman–Crippen MR) is 265 cm³/mol. The van der Waals surface area contributed by atoms with E-state index in [2.05, 4.69) is 136 Å². The third-order valence-corrected chi connectivity index (χ3v) is 12.0. The molecule has 0 saturated heterocycles. The highest BCUT2D eigenvalue weighted by Crippen LogP contribution is 2.30. The van der Waals surface area contributed by atoms with Gasteiger partial charge >= 0.3 is 0 Å². The SMILES string of the molecule is CCCCCCCCCCCC[n+]1ccc(C#Cc2cc(C#Cc3cc[n+](CCCCCCCCCCCC)cc3)cc(-c3cc(-c4ccccn4)nc(-c4ccccn4)c3)c2)cc1. The summed E-state index contributed by atoms with van der Waals surface area (Å²) in [5, 5.41) is 0. The number of hydrogen-bond acceptors (Lipinski definition) is 3. The van der Waals surface area contributed by atoms with Crippen molar-refractivity contribution in [2.24, 2.45) is 0 Å². The van der Waals surface area contributed by atoms with E-state index < -0.39 is 0 Å². The second-order valence-corrected chi connectivity index (χ2v) is 17.4. The molecule has 0 atom stereocenters. The van der Waals surface area contributed by atoms with Crippen molar-refractivity contribution in [2.45, 2.75) is 155 Å². The minimum Gasteiger partial charge on any atom is -0.255 e. The molecule has 64 heavy (non-hydrogen) atoms. The molecule has 330 valence electrons. The van der Waals surface area contributed by atoms with Gasteiger partial charge in [0, 0.05) is 71.8 Å². The first kappa shape index (κ1) is 47.6. The number of pyridine rings is 5. The van der Waals surface area contributed by atoms with Crippen molar-refractivity contribution in [1.29, 1.82) is 0 Å². The van der Waals surface area contributed by atoms with Crippen molar-refractivity contribution >= 4 is 0 Å². The van der Waals surface area contributed by atoms with Crippen LogP contribution in [0.15, 0.2) is 128 Å². The molecule has 0 unspecified atom stereocenters. The first-order valence-corrected chi connectivity index (χ1v) is 24.7. The van der Waals surface area contributed by atoms with Gasteiger partial charge in [0.15, 0.2) is 24.8 Å². The Balaban J connectivity index is 1.16. The molecule has 0 N–H and O–H groups in total. The summed E-state index contributed by atoms with van der Waals surface area (Å²) in [5.41, 5.74) is 8.99. The van der Waals surface area contributed by atoms with Gasteiger partial charge in [-0.1, -0.05) is 152 Å². The molecule has 0 amide bonds. The highest BCUT2D eigenvalue weighted by atomic mass is 14.9. The van der Waals surface area contributed by atoms with E-state index in [4.69, 9.17) is 4.98 Å². The molecular formula is C59H71N5+2. The van der Waals surface area contributed by atoms with E-state index in [1.807, 2.05) is 36.4 Å². The molecule has 0 spiro atoms. The van der Waals surface area contributed by atoms with Crippen LogP contribution in [0.3, 0.4) is 0 Å². The maximum Gasteiger partial charge on any atom is 0.170 e. The smallest absolute Gasteiger partial charge is 0.170 e. The van der Waals surface area contributed by atoms with Gasteiger partial charge in [-0.2, -0.15) is 0 Å². The molecule has 5 heteroatoms. The molecule has 5 nitrogen and oxygen atoms in total. The summed E-state index contributed by atoms with van der Waals surface area (Å²) in [5.74, 6) is 13.9. The lowest BCUT2D eigenvalue weighted by atomic mass is 9.98. The Labute approximate surface area is 385 Å². The third kappa shape index (κ3) is 17.0. The summed E-state index contributed by atoms with van der Waals surface area (Å²) in [6, 6.07) is 31.0. The van der Waals surface area contributed by atoms with Gasteiger partial charge < -0.3 is 0 Å². The molecule has 0 fully saturated rings. The molecule has 0 aliphatic carbocycles. The van der Waals surface area contributed by atoms with Crippen molar-refractivity contribution in [2.75, 3.05) is 0 Å². The molecule has 0 radical (unpaired) electrons. The maximum atomic E-state index is 5.02. The highest BCUT2D eigenvalue weighted by molar-refractivity contribution is 5.76. The zero-order chi connectivity index (χ0) is 44.3. The second-order valence-electron chi connectivity index (χ2n) is 17.4. The van der Waals surface area contributed by atoms with Crippen LogP contribution in [0.4, 0.5) is 0 Å². The van der Waals surface area contributed by atoms with E-state index in [1.165, 1.54) is 128 Å². The minimum atomic E-state index is 0.786. The standard InChI is InChI=1S/C59H71N5/c1-3-5-7-9-11-13-15-17-19-25-39-63-41-33-50(34-42-63)29-31-52-45-53(32-30-51-35-43-64(44-36-51)40-26-20-18-16-14-12-10-8-6-4-2)47-54(46-52)55-48-58(56-27-21-23-37-60-56)62-59(49-55)57-28-22-24-38-61-57/h21-24,27-28,33-38,41-49H,3-20,25-26,39-40H2,1-2H3/q+2. The molecule has 5 heterocycles. The first-order valence-electron chi connectivity index (χ1n) is 24.7. The summed E-state index contributed by atoms with van der Waals surface area (Å²) in [7, 11) is 0. The Hall–Kier alpha value is -5.91. The molecule has 5 aromatic heterocycles. The van der Waals surface area contributed by atoms with Crippen molar-refractivity contribution in [3.63, 3.8) is 0 Å². The number of aromatic nitrogens is 5. The molecule has 0 saturated carbocycles. The molecule has 0 bridgehead atoms. The number of benzene rings is 1. The van der Waals surface area contributed by atoms with Gasteiger partial charge in [-0.25, -0.2) is 14.1 Å². The lowest BCUT2D eigenvalue weighted by Crippen LogP contribution is -2.32. The van der Waals surface area contributed by atoms with Crippen LogP contribution in [0, 0.1) is 23.7 Å². The predicted octanol–water partition coefficient (Wildman–Crippen LogP) is 14.1. The monoisotopic (exact) mass is 850 g/mol. The fraction of sp³-hybridized carbons (Fsp3) is 0.407. The third-order valence-electron chi connectivity index (χ3n) is 12.0. The van der Waals surface area contributed by atoms with Crippen LogP contribution < -0.4 is 9.13 Å². The van der Waals surface area contributed by atoms with Crippen LogP contribution in [0.5, 0.6) is 0 Å². The zero-order valence-corrected chi connectivity index (χ0v) is 38.9. The van der Waals surface area contributed by atoms with Gasteiger partial charge in [0.25, 0.3) is 0 Å². The molecule has 1 aromatic carbocycles. The van der Waals surface area contributed by atoms with Crippen LogP contribution in [-0.4, -0.2) is 15.0 Å². The van der Waals surface area contributed by atoms with Gasteiger partial charge in [-0.3, -0.25) is 9.97 Å². The average Bonchev–Trinajstić information content (AvgIpc) is 3.35. The van der Waals surface area contributed by atoms with Gasteiger partial charge in [0.1, 0.15) is 13.1 Å². The number of unbranched alkanes of at least 4 members (excludes halogenated alkanes) is 18. The summed E-state index contributed by atoms with van der Waals surface area (Å²) in [4.78, 5) is 14.3. The Kier molecular flexibility index (Phi) is 20.8. The Morgan fingerprint density at radius 3 is 1.09 bits per heavy atom. The summed E-state index contributed by atoms with van der Waals surface area (Å²) in [6.07, 6.45) is 39.3. The topological polar surface area (TPSA) is 46.4 Å². The lowest BCUT2D eigenvalue weighted by Gasteiger charge is -2.10. The van der Waals surface area contributed by atoms with Crippen molar-refractivity contribution in [1.82, 2.24) is 15.0 Å². The Morgan fingerprint density at radius 1 is 0.359 bits per heavy atom. The largest absolute Gasteiger partial charge is 0.255 e. The van der Waals surface area contributed by atoms with E-state index in [9.17, 15) is 0 Å². The molecular weight excluding hydrogens is 779 g/mol. The van der Waals surface area contributed by atoms with Gasteiger partial charge in [0.2, 0.25) is 0 Å². The second kappa shape index (κ2) is 28.0. The normalized spacial score (nSPS) is 10.8. The molecule has 0 aliphatic rings. The van der Waals surface area contributed by atoms with Crippen LogP contribution in [-0.2, 0) is 13.1 Å². The molecule has 0 aliphatic heterocycles. The Morgan fingerprint density at radius 2 is 0.719 bits per heavy atom. The van der Waals surface area contributed by atoms with Crippen LogP contribution in [0.2, 0.25) is 0 Å². The van der Waals surface area contributed by atoms with Gasteiger partial charge in [-0.15, -0.1) is 0 Å². The summed E-state index contributed by atoms with van der Waals surface area (Å²) in [6.45, 7) is 6.66. The quantitative estimate of drug-likeness (QED) is 0.0327. The molecule has 6 aromatic rings. The van der Waals surface area contributed by atoms with Crippen molar-refractivity contribution < 1.29 is 9.13 Å². The molecule has 6 rings (SSSR count). The lowest BCUT2D eigenvalue weighted by molar-refractivity contribution is -0.697. The van der Waals surface area contributed by atoms with E-state index in [1.54, 1.807) is 12.4 Å². The zero-order valence-electron chi connectivity index (χ0n) is 38.9. The number of hydrogen-bond donors (Lipinski definition) is 0. The number of nitrogens with zero attached hydrogens (tertiary/aromatic N) is 5. The number of rotatable bonds is 25. The number of aryl methyl sites for hydroxylation is 2. The summed E-state index contributed by atoms with van der Waals surface area (Å²) < 4.78 is 4.57. The first-order chi connectivity index (χ1) is 31.7. The summed E-state index contributed by atoms with van der Waals surface area (Å²) >= 11 is 0. The fourth-order valence-electron chi connectivity index (χ4n) is 8.16.